The summed E-state index contributed by atoms with van der Waals surface area (Å²) in [6.07, 6.45) is 3.67. The molecule has 2 fully saturated rings. The third-order valence-corrected chi connectivity index (χ3v) is 10.4. The van der Waals surface area contributed by atoms with E-state index < -0.39 is 17.5 Å². The molecular formula is C31H36BrClO7. The number of hydrogen-bond donors (Lipinski definition) is 1. The lowest BCUT2D eigenvalue weighted by Gasteiger charge is -2.29. The van der Waals surface area contributed by atoms with Gasteiger partial charge in [0.15, 0.2) is 11.5 Å². The summed E-state index contributed by atoms with van der Waals surface area (Å²) in [5.41, 5.74) is 0.815. The number of rotatable bonds is 5. The smallest absolute Gasteiger partial charge is 0.346 e. The minimum Gasteiger partial charge on any atom is -0.495 e. The van der Waals surface area contributed by atoms with Gasteiger partial charge in [0.25, 0.3) is 0 Å². The molecule has 1 atom stereocenters. The molecule has 0 saturated heterocycles. The number of fused-ring (bicyclic) bond motifs is 4. The number of esters is 2. The highest BCUT2D eigenvalue weighted by molar-refractivity contribution is 9.10. The first-order valence-electron chi connectivity index (χ1n) is 13.7. The Labute approximate surface area is 248 Å². The van der Waals surface area contributed by atoms with E-state index in [-0.39, 0.29) is 46.6 Å². The second-order valence-corrected chi connectivity index (χ2v) is 13.8. The Morgan fingerprint density at radius 2 is 1.82 bits per heavy atom. The summed E-state index contributed by atoms with van der Waals surface area (Å²) >= 11 is 10.3. The van der Waals surface area contributed by atoms with Gasteiger partial charge >= 0.3 is 11.9 Å². The van der Waals surface area contributed by atoms with Crippen LogP contribution in [0, 0.1) is 29.6 Å². The predicted molar refractivity (Wildman–Crippen MR) is 154 cm³/mol. The fourth-order valence-electron chi connectivity index (χ4n) is 6.67. The van der Waals surface area contributed by atoms with Crippen LogP contribution in [0.3, 0.4) is 0 Å². The molecule has 2 aromatic rings. The molecule has 3 aliphatic rings. The highest BCUT2D eigenvalue weighted by Gasteiger charge is 2.57. The van der Waals surface area contributed by atoms with Gasteiger partial charge in [-0.1, -0.05) is 32.4 Å². The van der Waals surface area contributed by atoms with Gasteiger partial charge < -0.3 is 24.1 Å². The summed E-state index contributed by atoms with van der Waals surface area (Å²) in [5.74, 6) is 0.348. The summed E-state index contributed by atoms with van der Waals surface area (Å²) in [7, 11) is 1.43. The molecule has 2 bridgehead atoms. The van der Waals surface area contributed by atoms with Gasteiger partial charge in [0.1, 0.15) is 23.7 Å². The van der Waals surface area contributed by atoms with E-state index >= 15 is 0 Å². The van der Waals surface area contributed by atoms with Crippen molar-refractivity contribution in [3.8, 4) is 23.0 Å². The Morgan fingerprint density at radius 3 is 2.40 bits per heavy atom. The van der Waals surface area contributed by atoms with Crippen molar-refractivity contribution >= 4 is 39.5 Å². The van der Waals surface area contributed by atoms with Crippen LogP contribution in [0.5, 0.6) is 23.0 Å². The first-order valence-corrected chi connectivity index (χ1v) is 14.9. The van der Waals surface area contributed by atoms with Crippen LogP contribution in [0.15, 0.2) is 16.6 Å². The lowest BCUT2D eigenvalue weighted by molar-refractivity contribution is -0.147. The van der Waals surface area contributed by atoms with Gasteiger partial charge in [-0.05, 0) is 96.8 Å². The summed E-state index contributed by atoms with van der Waals surface area (Å²) in [6.45, 7) is 9.67. The van der Waals surface area contributed by atoms with Gasteiger partial charge in [0.05, 0.1) is 33.7 Å². The Balaban J connectivity index is 1.61. The van der Waals surface area contributed by atoms with Crippen LogP contribution in [0.4, 0.5) is 0 Å². The number of cyclic esters (lactones) is 1. The van der Waals surface area contributed by atoms with Crippen molar-refractivity contribution in [2.75, 3.05) is 7.11 Å². The minimum atomic E-state index is -0.879. The Bertz CT molecular complexity index is 1360. The lowest BCUT2D eigenvalue weighted by Crippen LogP contribution is -2.36. The van der Waals surface area contributed by atoms with Crippen molar-refractivity contribution in [1.29, 1.82) is 0 Å². The third-order valence-electron chi connectivity index (χ3n) is 8.94. The molecule has 216 valence electrons. The van der Waals surface area contributed by atoms with Crippen molar-refractivity contribution in [3.05, 3.63) is 43.9 Å². The number of hydrogen-bond acceptors (Lipinski definition) is 7. The van der Waals surface area contributed by atoms with Gasteiger partial charge in [0, 0.05) is 5.56 Å². The highest BCUT2D eigenvalue weighted by Crippen LogP contribution is 2.59. The molecule has 1 heterocycles. The van der Waals surface area contributed by atoms with Crippen molar-refractivity contribution in [2.24, 2.45) is 22.7 Å². The van der Waals surface area contributed by atoms with Gasteiger partial charge in [0.2, 0.25) is 0 Å². The van der Waals surface area contributed by atoms with E-state index in [0.29, 0.717) is 44.4 Å². The molecule has 1 N–H and O–H groups in total. The average Bonchev–Trinajstić information content (AvgIpc) is 3.39. The van der Waals surface area contributed by atoms with Crippen molar-refractivity contribution < 1.29 is 33.6 Å². The number of benzene rings is 2. The number of halogens is 2. The fourth-order valence-corrected chi connectivity index (χ4v) is 7.48. The molecule has 5 rings (SSSR count). The quantitative estimate of drug-likeness (QED) is 0.262. The Kier molecular flexibility index (Phi) is 7.68. The van der Waals surface area contributed by atoms with Gasteiger partial charge in [-0.15, -0.1) is 0 Å². The summed E-state index contributed by atoms with van der Waals surface area (Å²) in [5, 5.41) is 11.3. The van der Waals surface area contributed by atoms with E-state index in [2.05, 4.69) is 15.9 Å². The predicted octanol–water partition coefficient (Wildman–Crippen LogP) is 8.08. The zero-order valence-electron chi connectivity index (χ0n) is 23.8. The molecule has 0 spiro atoms. The molecular weight excluding hydrogens is 600 g/mol. The first-order chi connectivity index (χ1) is 18.8. The molecule has 0 radical (unpaired) electrons. The maximum atomic E-state index is 13.8. The monoisotopic (exact) mass is 634 g/mol. The average molecular weight is 636 g/mol. The number of aliphatic hydroxyl groups excluding tert-OH is 1. The molecule has 7 nitrogen and oxygen atoms in total. The number of carbonyl (C=O) groups is 2. The fraction of sp³-hybridized carbons (Fsp3) is 0.548. The lowest BCUT2D eigenvalue weighted by atomic mass is 9.80. The van der Waals surface area contributed by atoms with Crippen LogP contribution in [0.1, 0.15) is 93.0 Å². The normalized spacial score (nSPS) is 24.3. The van der Waals surface area contributed by atoms with Crippen LogP contribution in [0.2, 0.25) is 5.02 Å². The number of ether oxygens (including phenoxy) is 4. The summed E-state index contributed by atoms with van der Waals surface area (Å²) in [4.78, 5) is 27.1. The van der Waals surface area contributed by atoms with E-state index in [0.717, 1.165) is 25.7 Å². The number of aliphatic hydroxyl groups is 1. The maximum Gasteiger partial charge on any atom is 0.346 e. The van der Waals surface area contributed by atoms with Crippen LogP contribution < -0.4 is 14.2 Å². The van der Waals surface area contributed by atoms with Gasteiger partial charge in [-0.2, -0.15) is 0 Å². The second-order valence-electron chi connectivity index (χ2n) is 12.6. The van der Waals surface area contributed by atoms with E-state index in [1.807, 2.05) is 27.7 Å². The SMILES string of the molecule is COc1c([C@@H](O)CC(C)(C)C)ccc2c1C(=O)OCc1c(Cl)c(C)c(Br)c(OC(=O)C3(C)C4CCC3CC4)c1O2. The Hall–Kier alpha value is -2.29. The standard InChI is InChI=1S/C31H36BrClO7/c1-15-23(32)27(40-29(36)31(5)16-7-8-17(31)10-9-16)26-19(24(15)33)14-38-28(35)22-21(39-26)12-11-18(25(22)37-6)20(34)13-30(2,3)4/h11-12,16-17,20,34H,7-10,13-14H2,1-6H3/t16?,17?,20-,31?/m0/s1. The molecule has 2 aromatic carbocycles. The van der Waals surface area contributed by atoms with E-state index in [9.17, 15) is 14.7 Å². The number of carbonyl (C=O) groups excluding carboxylic acids is 2. The van der Waals surface area contributed by atoms with E-state index in [4.69, 9.17) is 30.5 Å². The van der Waals surface area contributed by atoms with Gasteiger partial charge in [-0.3, -0.25) is 4.79 Å². The Morgan fingerprint density at radius 1 is 1.20 bits per heavy atom. The zero-order valence-corrected chi connectivity index (χ0v) is 26.1. The summed E-state index contributed by atoms with van der Waals surface area (Å²) < 4.78 is 24.4. The van der Waals surface area contributed by atoms with Crippen molar-refractivity contribution in [2.45, 2.75) is 79.4 Å². The molecule has 2 saturated carbocycles. The molecule has 0 aromatic heterocycles. The molecule has 0 amide bonds. The minimum absolute atomic E-state index is 0.0458. The van der Waals surface area contributed by atoms with E-state index in [1.165, 1.54) is 7.11 Å². The molecule has 2 aliphatic carbocycles. The topological polar surface area (TPSA) is 91.3 Å². The van der Waals surface area contributed by atoms with Crippen molar-refractivity contribution in [1.82, 2.24) is 0 Å². The van der Waals surface area contributed by atoms with Crippen LogP contribution >= 0.6 is 27.5 Å². The maximum absolute atomic E-state index is 13.8. The molecule has 0 unspecified atom stereocenters. The molecule has 9 heteroatoms. The van der Waals surface area contributed by atoms with Crippen LogP contribution in [0.25, 0.3) is 0 Å². The number of methoxy groups -OCH3 is 1. The first kappa shape index (κ1) is 29.2. The highest BCUT2D eigenvalue weighted by atomic mass is 79.9. The molecule has 1 aliphatic heterocycles. The van der Waals surface area contributed by atoms with Gasteiger partial charge in [-0.25, -0.2) is 4.79 Å². The largest absolute Gasteiger partial charge is 0.495 e. The van der Waals surface area contributed by atoms with Crippen LogP contribution in [-0.2, 0) is 16.1 Å². The van der Waals surface area contributed by atoms with Crippen LogP contribution in [-0.4, -0.2) is 24.2 Å². The zero-order chi connectivity index (χ0) is 29.1. The van der Waals surface area contributed by atoms with Crippen molar-refractivity contribution in [3.63, 3.8) is 0 Å². The second kappa shape index (κ2) is 10.5. The summed E-state index contributed by atoms with van der Waals surface area (Å²) in [6, 6.07) is 3.28. The van der Waals surface area contributed by atoms with E-state index in [1.54, 1.807) is 19.1 Å². The molecule has 40 heavy (non-hydrogen) atoms. The third kappa shape index (κ3) is 4.80.